The van der Waals surface area contributed by atoms with E-state index in [-0.39, 0.29) is 0 Å². The first-order valence-electron chi connectivity index (χ1n) is 6.74. The molecule has 0 aromatic rings. The topological polar surface area (TPSA) is 32.5 Å². The van der Waals surface area contributed by atoms with Gasteiger partial charge in [-0.1, -0.05) is 13.3 Å². The first-order chi connectivity index (χ1) is 7.63. The van der Waals surface area contributed by atoms with E-state index in [0.29, 0.717) is 0 Å². The second-order valence-corrected chi connectivity index (χ2v) is 5.96. The average molecular weight is 225 g/mol. The van der Waals surface area contributed by atoms with Crippen molar-refractivity contribution in [2.45, 2.75) is 38.3 Å². The first-order valence-corrected chi connectivity index (χ1v) is 6.74. The lowest BCUT2D eigenvalue weighted by atomic mass is 10.0. The number of hydrogen-bond donors (Lipinski definition) is 1. The molecule has 3 nitrogen and oxygen atoms in total. The third kappa shape index (κ3) is 2.27. The molecule has 16 heavy (non-hydrogen) atoms. The van der Waals surface area contributed by atoms with Gasteiger partial charge in [0.05, 0.1) is 0 Å². The highest BCUT2D eigenvalue weighted by Gasteiger charge is 2.38. The third-order valence-electron chi connectivity index (χ3n) is 4.65. The lowest BCUT2D eigenvalue weighted by molar-refractivity contribution is 0.182. The van der Waals surface area contributed by atoms with Crippen LogP contribution in [0.25, 0.3) is 0 Å². The number of hydrogen-bond acceptors (Lipinski definition) is 3. The molecule has 4 unspecified atom stereocenters. The van der Waals surface area contributed by atoms with Crippen molar-refractivity contribution >= 4 is 0 Å². The van der Waals surface area contributed by atoms with Gasteiger partial charge in [-0.25, -0.2) is 0 Å². The summed E-state index contributed by atoms with van der Waals surface area (Å²) >= 11 is 0. The Hall–Kier alpha value is -0.120. The molecule has 2 rings (SSSR count). The first kappa shape index (κ1) is 12.3. The predicted octanol–water partition coefficient (Wildman–Crippen LogP) is 0.996. The minimum atomic E-state index is 0.735. The number of nitrogens with two attached hydrogens (primary N) is 1. The largest absolute Gasteiger partial charge is 0.330 e. The summed E-state index contributed by atoms with van der Waals surface area (Å²) in [7, 11) is 4.42. The zero-order valence-corrected chi connectivity index (χ0v) is 11.0. The van der Waals surface area contributed by atoms with Crippen molar-refractivity contribution < 1.29 is 0 Å². The van der Waals surface area contributed by atoms with Crippen molar-refractivity contribution in [3.05, 3.63) is 0 Å². The molecule has 1 saturated carbocycles. The molecule has 0 bridgehead atoms. The molecule has 2 aliphatic rings. The standard InChI is InChI=1S/C13H27N3/c1-10-8-16(9-13(10)15(2)3)12-6-4-5-11(12)7-14/h10-13H,4-9,14H2,1-3H3. The zero-order chi connectivity index (χ0) is 11.7. The zero-order valence-electron chi connectivity index (χ0n) is 11.0. The van der Waals surface area contributed by atoms with E-state index >= 15 is 0 Å². The van der Waals surface area contributed by atoms with Crippen molar-refractivity contribution in [2.75, 3.05) is 33.7 Å². The second kappa shape index (κ2) is 5.03. The highest BCUT2D eigenvalue weighted by molar-refractivity contribution is 4.94. The van der Waals surface area contributed by atoms with Gasteiger partial charge in [-0.3, -0.25) is 4.90 Å². The molecule has 0 aromatic carbocycles. The Morgan fingerprint density at radius 2 is 2.00 bits per heavy atom. The summed E-state index contributed by atoms with van der Waals surface area (Å²) in [4.78, 5) is 5.09. The number of likely N-dealkylation sites (N-methyl/N-ethyl adjacent to an activating group) is 1. The Labute approximate surface area is 100.0 Å². The second-order valence-electron chi connectivity index (χ2n) is 5.96. The van der Waals surface area contributed by atoms with Gasteiger partial charge < -0.3 is 10.6 Å². The van der Waals surface area contributed by atoms with Crippen LogP contribution >= 0.6 is 0 Å². The van der Waals surface area contributed by atoms with Crippen molar-refractivity contribution in [3.8, 4) is 0 Å². The molecule has 1 aliphatic carbocycles. The summed E-state index contributed by atoms with van der Waals surface area (Å²) < 4.78 is 0. The van der Waals surface area contributed by atoms with Gasteiger partial charge in [-0.15, -0.1) is 0 Å². The molecule has 0 aromatic heterocycles. The Balaban J connectivity index is 1.96. The SMILES string of the molecule is CC1CN(C2CCCC2CN)CC1N(C)C. The molecule has 1 heterocycles. The van der Waals surface area contributed by atoms with Gasteiger partial charge in [0.15, 0.2) is 0 Å². The minimum Gasteiger partial charge on any atom is -0.330 e. The number of rotatable bonds is 3. The molecular formula is C13H27N3. The minimum absolute atomic E-state index is 0.735. The van der Waals surface area contributed by atoms with Crippen LogP contribution in [0, 0.1) is 11.8 Å². The van der Waals surface area contributed by atoms with E-state index in [0.717, 1.165) is 30.5 Å². The van der Waals surface area contributed by atoms with E-state index in [9.17, 15) is 0 Å². The van der Waals surface area contributed by atoms with Crippen LogP contribution in [0.3, 0.4) is 0 Å². The molecule has 0 amide bonds. The monoisotopic (exact) mass is 225 g/mol. The van der Waals surface area contributed by atoms with Gasteiger partial charge in [-0.05, 0) is 45.3 Å². The van der Waals surface area contributed by atoms with Gasteiger partial charge in [0.1, 0.15) is 0 Å². The molecule has 94 valence electrons. The molecule has 0 radical (unpaired) electrons. The van der Waals surface area contributed by atoms with E-state index in [4.69, 9.17) is 5.73 Å². The average Bonchev–Trinajstić information content (AvgIpc) is 2.82. The van der Waals surface area contributed by atoms with E-state index < -0.39 is 0 Å². The van der Waals surface area contributed by atoms with Crippen molar-refractivity contribution in [2.24, 2.45) is 17.6 Å². The molecule has 0 spiro atoms. The van der Waals surface area contributed by atoms with Crippen LogP contribution in [0.15, 0.2) is 0 Å². The molecule has 1 saturated heterocycles. The smallest absolute Gasteiger partial charge is 0.0254 e. The lowest BCUT2D eigenvalue weighted by Crippen LogP contribution is -2.41. The summed E-state index contributed by atoms with van der Waals surface area (Å²) in [5, 5.41) is 0. The van der Waals surface area contributed by atoms with Gasteiger partial charge in [0, 0.05) is 25.2 Å². The van der Waals surface area contributed by atoms with Crippen molar-refractivity contribution in [3.63, 3.8) is 0 Å². The molecule has 4 atom stereocenters. The van der Waals surface area contributed by atoms with Crippen molar-refractivity contribution in [1.29, 1.82) is 0 Å². The number of likely N-dealkylation sites (tertiary alicyclic amines) is 1. The summed E-state index contributed by atoms with van der Waals surface area (Å²) in [5.74, 6) is 1.56. The van der Waals surface area contributed by atoms with Gasteiger partial charge in [-0.2, -0.15) is 0 Å². The van der Waals surface area contributed by atoms with Crippen LogP contribution in [0.1, 0.15) is 26.2 Å². The van der Waals surface area contributed by atoms with Gasteiger partial charge >= 0.3 is 0 Å². The van der Waals surface area contributed by atoms with Gasteiger partial charge in [0.2, 0.25) is 0 Å². The van der Waals surface area contributed by atoms with Crippen LogP contribution in [0.5, 0.6) is 0 Å². The Morgan fingerprint density at radius 1 is 1.25 bits per heavy atom. The van der Waals surface area contributed by atoms with E-state index in [1.54, 1.807) is 0 Å². The quantitative estimate of drug-likeness (QED) is 0.777. The van der Waals surface area contributed by atoms with E-state index in [1.807, 2.05) is 0 Å². The van der Waals surface area contributed by atoms with Crippen LogP contribution in [-0.4, -0.2) is 55.6 Å². The van der Waals surface area contributed by atoms with Crippen LogP contribution in [0.2, 0.25) is 0 Å². The Morgan fingerprint density at radius 3 is 2.56 bits per heavy atom. The Kier molecular flexibility index (Phi) is 3.88. The summed E-state index contributed by atoms with van der Waals surface area (Å²) in [6.45, 7) is 5.78. The third-order valence-corrected chi connectivity index (χ3v) is 4.65. The van der Waals surface area contributed by atoms with E-state index in [2.05, 4.69) is 30.8 Å². The summed E-state index contributed by atoms with van der Waals surface area (Å²) in [5.41, 5.74) is 5.88. The maximum absolute atomic E-state index is 5.88. The van der Waals surface area contributed by atoms with Crippen LogP contribution < -0.4 is 5.73 Å². The molecular weight excluding hydrogens is 198 g/mol. The predicted molar refractivity (Wildman–Crippen MR) is 68.4 cm³/mol. The molecule has 2 fully saturated rings. The highest BCUT2D eigenvalue weighted by atomic mass is 15.3. The summed E-state index contributed by atoms with van der Waals surface area (Å²) in [6, 6.07) is 1.51. The fraction of sp³-hybridized carbons (Fsp3) is 1.00. The van der Waals surface area contributed by atoms with Crippen LogP contribution in [-0.2, 0) is 0 Å². The molecule has 1 aliphatic heterocycles. The summed E-state index contributed by atoms with van der Waals surface area (Å²) in [6.07, 6.45) is 4.09. The maximum Gasteiger partial charge on any atom is 0.0254 e. The molecule has 3 heteroatoms. The fourth-order valence-electron chi connectivity index (χ4n) is 3.70. The Bertz CT molecular complexity index is 229. The highest BCUT2D eigenvalue weighted by Crippen LogP contribution is 2.33. The van der Waals surface area contributed by atoms with Gasteiger partial charge in [0.25, 0.3) is 0 Å². The lowest BCUT2D eigenvalue weighted by Gasteiger charge is -2.29. The number of nitrogens with zero attached hydrogens (tertiary/aromatic N) is 2. The normalized spacial score (nSPS) is 41.1. The fourth-order valence-corrected chi connectivity index (χ4v) is 3.70. The molecule has 2 N–H and O–H groups in total. The van der Waals surface area contributed by atoms with Crippen LogP contribution in [0.4, 0.5) is 0 Å². The van der Waals surface area contributed by atoms with Crippen molar-refractivity contribution in [1.82, 2.24) is 9.80 Å². The van der Waals surface area contributed by atoms with E-state index in [1.165, 1.54) is 32.4 Å². The maximum atomic E-state index is 5.88.